The summed E-state index contributed by atoms with van der Waals surface area (Å²) in [5.74, 6) is 1.03. The van der Waals surface area contributed by atoms with Crippen molar-refractivity contribution in [3.8, 4) is 0 Å². The standard InChI is InChI=1S/C10H19N3O/c1-13-6-3-5-11-10(13)12-8-9-4-2-7-14-9/h9H,2-8H2,1H3,(H,11,12). The van der Waals surface area contributed by atoms with Crippen LogP contribution in [0.1, 0.15) is 19.3 Å². The summed E-state index contributed by atoms with van der Waals surface area (Å²) in [4.78, 5) is 6.63. The van der Waals surface area contributed by atoms with Crippen molar-refractivity contribution in [1.29, 1.82) is 0 Å². The molecule has 80 valence electrons. The lowest BCUT2D eigenvalue weighted by Gasteiger charge is -2.26. The predicted molar refractivity (Wildman–Crippen MR) is 56.5 cm³/mol. The third kappa shape index (κ3) is 2.38. The van der Waals surface area contributed by atoms with Crippen molar-refractivity contribution in [2.24, 2.45) is 4.99 Å². The molecule has 0 saturated carbocycles. The van der Waals surface area contributed by atoms with Gasteiger partial charge in [0.15, 0.2) is 5.96 Å². The summed E-state index contributed by atoms with van der Waals surface area (Å²) in [7, 11) is 2.08. The highest BCUT2D eigenvalue weighted by atomic mass is 16.5. The molecule has 1 atom stereocenters. The molecule has 0 amide bonds. The monoisotopic (exact) mass is 197 g/mol. The van der Waals surface area contributed by atoms with E-state index in [-0.39, 0.29) is 0 Å². The van der Waals surface area contributed by atoms with Crippen molar-refractivity contribution >= 4 is 5.96 Å². The molecule has 1 saturated heterocycles. The van der Waals surface area contributed by atoms with Crippen LogP contribution >= 0.6 is 0 Å². The first-order valence-electron chi connectivity index (χ1n) is 5.47. The van der Waals surface area contributed by atoms with E-state index in [0.29, 0.717) is 6.10 Å². The molecule has 0 spiro atoms. The van der Waals surface area contributed by atoms with Gasteiger partial charge in [0.2, 0.25) is 0 Å². The first-order valence-corrected chi connectivity index (χ1v) is 5.47. The molecule has 0 radical (unpaired) electrons. The van der Waals surface area contributed by atoms with E-state index >= 15 is 0 Å². The summed E-state index contributed by atoms with van der Waals surface area (Å²) in [6.07, 6.45) is 3.95. The molecular weight excluding hydrogens is 178 g/mol. The average Bonchev–Trinajstić information content (AvgIpc) is 2.69. The Morgan fingerprint density at radius 1 is 1.57 bits per heavy atom. The van der Waals surface area contributed by atoms with Crippen molar-refractivity contribution in [2.75, 3.05) is 33.3 Å². The van der Waals surface area contributed by atoms with E-state index in [1.165, 1.54) is 19.3 Å². The van der Waals surface area contributed by atoms with Gasteiger partial charge in [0, 0.05) is 33.3 Å². The number of nitrogens with one attached hydrogen (secondary N) is 1. The highest BCUT2D eigenvalue weighted by molar-refractivity contribution is 5.80. The van der Waals surface area contributed by atoms with Gasteiger partial charge in [0.05, 0.1) is 6.10 Å². The van der Waals surface area contributed by atoms with Crippen LogP contribution in [0.15, 0.2) is 4.99 Å². The molecule has 0 aromatic heterocycles. The van der Waals surface area contributed by atoms with Crippen LogP contribution in [0.25, 0.3) is 0 Å². The number of hydrogen-bond acceptors (Lipinski definition) is 4. The highest BCUT2D eigenvalue weighted by Gasteiger charge is 2.17. The topological polar surface area (TPSA) is 36.9 Å². The molecule has 0 aromatic rings. The Morgan fingerprint density at radius 2 is 2.50 bits per heavy atom. The van der Waals surface area contributed by atoms with Crippen LogP contribution in [0.4, 0.5) is 0 Å². The van der Waals surface area contributed by atoms with Crippen LogP contribution in [-0.4, -0.2) is 50.3 Å². The van der Waals surface area contributed by atoms with Gasteiger partial charge in [-0.15, -0.1) is 0 Å². The van der Waals surface area contributed by atoms with E-state index in [1.807, 2.05) is 0 Å². The molecule has 14 heavy (non-hydrogen) atoms. The van der Waals surface area contributed by atoms with E-state index in [4.69, 9.17) is 4.74 Å². The third-order valence-electron chi connectivity index (χ3n) is 2.79. The second kappa shape index (κ2) is 4.64. The van der Waals surface area contributed by atoms with Gasteiger partial charge in [-0.05, 0) is 19.3 Å². The lowest BCUT2D eigenvalue weighted by molar-refractivity contribution is 0.113. The van der Waals surface area contributed by atoms with E-state index in [1.54, 1.807) is 0 Å². The van der Waals surface area contributed by atoms with Gasteiger partial charge in [-0.2, -0.15) is 0 Å². The normalized spacial score (nSPS) is 27.6. The van der Waals surface area contributed by atoms with Crippen molar-refractivity contribution < 1.29 is 4.74 Å². The fourth-order valence-electron chi connectivity index (χ4n) is 1.92. The van der Waals surface area contributed by atoms with E-state index < -0.39 is 0 Å². The summed E-state index contributed by atoms with van der Waals surface area (Å²) < 4.78 is 5.54. The molecule has 0 aliphatic carbocycles. The SMILES string of the molecule is CN1CCCN=C1NCC1CCCO1. The van der Waals surface area contributed by atoms with Crippen LogP contribution < -0.4 is 5.32 Å². The number of hydrogen-bond donors (Lipinski definition) is 1. The molecule has 4 heteroatoms. The van der Waals surface area contributed by atoms with Crippen molar-refractivity contribution in [1.82, 2.24) is 10.2 Å². The maximum atomic E-state index is 5.54. The van der Waals surface area contributed by atoms with Gasteiger partial charge in [-0.1, -0.05) is 0 Å². The van der Waals surface area contributed by atoms with Crippen LogP contribution in [0.3, 0.4) is 0 Å². The van der Waals surface area contributed by atoms with Crippen LogP contribution in [-0.2, 0) is 4.74 Å². The Hall–Kier alpha value is -0.770. The molecule has 2 aliphatic heterocycles. The molecule has 2 rings (SSSR count). The lowest BCUT2D eigenvalue weighted by Crippen LogP contribution is -2.44. The van der Waals surface area contributed by atoms with Crippen molar-refractivity contribution in [2.45, 2.75) is 25.4 Å². The van der Waals surface area contributed by atoms with Gasteiger partial charge >= 0.3 is 0 Å². The number of nitrogens with zero attached hydrogens (tertiary/aromatic N) is 2. The molecular formula is C10H19N3O. The summed E-state index contributed by atoms with van der Waals surface area (Å²) in [6.45, 7) is 3.90. The number of rotatable bonds is 2. The Bertz CT molecular complexity index is 211. The Balaban J connectivity index is 1.75. The van der Waals surface area contributed by atoms with Crippen LogP contribution in [0.5, 0.6) is 0 Å². The summed E-state index contributed by atoms with van der Waals surface area (Å²) >= 11 is 0. The number of aliphatic imine (C=N–C) groups is 1. The lowest BCUT2D eigenvalue weighted by atomic mass is 10.2. The van der Waals surface area contributed by atoms with E-state index in [0.717, 1.165) is 32.2 Å². The Labute approximate surface area is 85.3 Å². The van der Waals surface area contributed by atoms with Crippen LogP contribution in [0.2, 0.25) is 0 Å². The van der Waals surface area contributed by atoms with Gasteiger partial charge in [-0.3, -0.25) is 4.99 Å². The summed E-state index contributed by atoms with van der Waals surface area (Å²) in [5.41, 5.74) is 0. The van der Waals surface area contributed by atoms with Crippen LogP contribution in [0, 0.1) is 0 Å². The average molecular weight is 197 g/mol. The smallest absolute Gasteiger partial charge is 0.193 e. The Kier molecular flexibility index (Phi) is 3.24. The minimum atomic E-state index is 0.396. The molecule has 1 unspecified atom stereocenters. The summed E-state index contributed by atoms with van der Waals surface area (Å²) in [5, 5.41) is 3.36. The fraction of sp³-hybridized carbons (Fsp3) is 0.900. The van der Waals surface area contributed by atoms with Crippen molar-refractivity contribution in [3.63, 3.8) is 0 Å². The largest absolute Gasteiger partial charge is 0.376 e. The summed E-state index contributed by atoms with van der Waals surface area (Å²) in [6, 6.07) is 0. The predicted octanol–water partition coefficient (Wildman–Crippen LogP) is 0.446. The second-order valence-corrected chi connectivity index (χ2v) is 4.00. The maximum Gasteiger partial charge on any atom is 0.193 e. The van der Waals surface area contributed by atoms with Gasteiger partial charge in [-0.25, -0.2) is 0 Å². The zero-order valence-corrected chi connectivity index (χ0v) is 8.83. The quantitative estimate of drug-likeness (QED) is 0.698. The van der Waals surface area contributed by atoms with Gasteiger partial charge in [0.25, 0.3) is 0 Å². The second-order valence-electron chi connectivity index (χ2n) is 4.00. The number of ether oxygens (including phenoxy) is 1. The number of guanidine groups is 1. The van der Waals surface area contributed by atoms with Crippen molar-refractivity contribution in [3.05, 3.63) is 0 Å². The first-order chi connectivity index (χ1) is 6.86. The van der Waals surface area contributed by atoms with Gasteiger partial charge < -0.3 is 15.0 Å². The third-order valence-corrected chi connectivity index (χ3v) is 2.79. The zero-order valence-electron chi connectivity index (χ0n) is 8.83. The molecule has 2 heterocycles. The Morgan fingerprint density at radius 3 is 3.21 bits per heavy atom. The highest BCUT2D eigenvalue weighted by Crippen LogP contribution is 2.10. The molecule has 2 aliphatic rings. The minimum Gasteiger partial charge on any atom is -0.376 e. The molecule has 4 nitrogen and oxygen atoms in total. The molecule has 0 bridgehead atoms. The minimum absolute atomic E-state index is 0.396. The van der Waals surface area contributed by atoms with E-state index in [2.05, 4.69) is 22.3 Å². The first kappa shape index (κ1) is 9.77. The fourth-order valence-corrected chi connectivity index (χ4v) is 1.92. The van der Waals surface area contributed by atoms with Gasteiger partial charge in [0.1, 0.15) is 0 Å². The molecule has 1 fully saturated rings. The molecule has 0 aromatic carbocycles. The maximum absolute atomic E-state index is 5.54. The molecule has 1 N–H and O–H groups in total. The zero-order chi connectivity index (χ0) is 9.80. The van der Waals surface area contributed by atoms with E-state index in [9.17, 15) is 0 Å².